The van der Waals surface area contributed by atoms with Crippen molar-refractivity contribution in [2.24, 2.45) is 5.92 Å². The zero-order valence-corrected chi connectivity index (χ0v) is 15.6. The highest BCUT2D eigenvalue weighted by Crippen LogP contribution is 2.18. The average Bonchev–Trinajstić information content (AvgIpc) is 2.68. The molecular formula is C21H25NO6-2. The highest BCUT2D eigenvalue weighted by Gasteiger charge is 2.24. The van der Waals surface area contributed by atoms with Crippen molar-refractivity contribution in [1.82, 2.24) is 5.32 Å². The van der Waals surface area contributed by atoms with E-state index in [-0.39, 0.29) is 13.2 Å². The minimum Gasteiger partial charge on any atom is -0.545 e. The van der Waals surface area contributed by atoms with Gasteiger partial charge in [-0.1, -0.05) is 42.5 Å². The van der Waals surface area contributed by atoms with Crippen molar-refractivity contribution in [2.45, 2.75) is 38.0 Å². The van der Waals surface area contributed by atoms with Gasteiger partial charge >= 0.3 is 0 Å². The molecule has 1 aliphatic carbocycles. The molecule has 0 amide bonds. The van der Waals surface area contributed by atoms with Crippen LogP contribution in [0.5, 0.6) is 0 Å². The third-order valence-corrected chi connectivity index (χ3v) is 4.62. The van der Waals surface area contributed by atoms with Crippen LogP contribution in [0, 0.1) is 5.92 Å². The van der Waals surface area contributed by atoms with E-state index < -0.39 is 29.7 Å². The molecule has 2 rings (SSSR count). The molecule has 3 unspecified atom stereocenters. The number of aliphatic carboxylic acids is 2. The van der Waals surface area contributed by atoms with Gasteiger partial charge in [0.1, 0.15) is 0 Å². The maximum Gasteiger partial charge on any atom is 0.0968 e. The number of carbonyl (C=O) groups is 2. The van der Waals surface area contributed by atoms with Gasteiger partial charge in [-0.05, 0) is 42.4 Å². The third-order valence-electron chi connectivity index (χ3n) is 4.62. The summed E-state index contributed by atoms with van der Waals surface area (Å²) >= 11 is 0. The summed E-state index contributed by atoms with van der Waals surface area (Å²) in [5.41, 5.74) is 0.258. The fourth-order valence-electron chi connectivity index (χ4n) is 3.14. The first-order valence-electron chi connectivity index (χ1n) is 9.29. The Bertz CT molecular complexity index is 700. The summed E-state index contributed by atoms with van der Waals surface area (Å²) < 4.78 is 5.58. The molecule has 0 fully saturated rings. The zero-order chi connectivity index (χ0) is 20.4. The summed E-state index contributed by atoms with van der Waals surface area (Å²) in [6.45, 7) is 0.537. The predicted molar refractivity (Wildman–Crippen MR) is 98.5 cm³/mol. The molecule has 7 nitrogen and oxygen atoms in total. The topological polar surface area (TPSA) is 122 Å². The second kappa shape index (κ2) is 11.4. The summed E-state index contributed by atoms with van der Waals surface area (Å²) in [5, 5.41) is 35.7. The van der Waals surface area contributed by atoms with E-state index in [1.807, 2.05) is 30.3 Å². The van der Waals surface area contributed by atoms with Crippen LogP contribution in [0.3, 0.4) is 0 Å². The first kappa shape index (κ1) is 21.8. The van der Waals surface area contributed by atoms with Gasteiger partial charge in [0, 0.05) is 13.2 Å². The fourth-order valence-corrected chi connectivity index (χ4v) is 3.14. The van der Waals surface area contributed by atoms with E-state index in [2.05, 4.69) is 17.5 Å². The van der Waals surface area contributed by atoms with E-state index >= 15 is 0 Å². The summed E-state index contributed by atoms with van der Waals surface area (Å²) in [5.74, 6) is -3.01. The highest BCUT2D eigenvalue weighted by molar-refractivity contribution is 5.94. The van der Waals surface area contributed by atoms with Gasteiger partial charge < -0.3 is 35.0 Å². The van der Waals surface area contributed by atoms with Crippen LogP contribution in [0.2, 0.25) is 0 Å². The maximum atomic E-state index is 11.4. The smallest absolute Gasteiger partial charge is 0.0968 e. The maximum absolute atomic E-state index is 11.4. The number of allylic oxidation sites excluding steroid dienone is 2. The molecular weight excluding hydrogens is 362 g/mol. The molecule has 7 heteroatoms. The number of hydrogen-bond donors (Lipinski definition) is 2. The average molecular weight is 387 g/mol. The molecule has 0 saturated heterocycles. The van der Waals surface area contributed by atoms with Crippen molar-refractivity contribution in [1.29, 1.82) is 0 Å². The van der Waals surface area contributed by atoms with E-state index in [9.17, 15) is 24.9 Å². The number of carbonyl (C=O) groups excluding carboxylic acids is 2. The van der Waals surface area contributed by atoms with Crippen molar-refractivity contribution in [3.63, 3.8) is 0 Å². The molecule has 0 heterocycles. The van der Waals surface area contributed by atoms with E-state index in [0.717, 1.165) is 24.8 Å². The van der Waals surface area contributed by atoms with Crippen LogP contribution in [-0.4, -0.2) is 42.4 Å². The Kier molecular flexibility index (Phi) is 8.87. The van der Waals surface area contributed by atoms with Gasteiger partial charge in [-0.2, -0.15) is 0 Å². The first-order valence-corrected chi connectivity index (χ1v) is 9.29. The number of aliphatic hydroxyl groups is 1. The Morgan fingerprint density at radius 1 is 1.25 bits per heavy atom. The Balaban J connectivity index is 2.03. The minimum atomic E-state index is -1.69. The van der Waals surface area contributed by atoms with Crippen LogP contribution in [0.25, 0.3) is 0 Å². The number of carboxylic acid groups (broad SMARTS) is 2. The molecule has 152 valence electrons. The fraction of sp³-hybridized carbons (Fsp3) is 0.429. The van der Waals surface area contributed by atoms with E-state index in [0.29, 0.717) is 18.6 Å². The molecule has 0 aliphatic heterocycles. The third kappa shape index (κ3) is 7.26. The van der Waals surface area contributed by atoms with Crippen LogP contribution in [0.15, 0.2) is 54.1 Å². The molecule has 2 N–H and O–H groups in total. The molecule has 0 radical (unpaired) electrons. The predicted octanol–water partition coefficient (Wildman–Crippen LogP) is -0.695. The minimum absolute atomic E-state index is 0.135. The second-order valence-corrected chi connectivity index (χ2v) is 6.81. The van der Waals surface area contributed by atoms with Crippen LogP contribution < -0.4 is 15.5 Å². The Labute approximate surface area is 164 Å². The molecule has 28 heavy (non-hydrogen) atoms. The second-order valence-electron chi connectivity index (χ2n) is 6.81. The molecule has 1 aromatic rings. The molecule has 1 aliphatic rings. The van der Waals surface area contributed by atoms with Gasteiger partial charge in [0.2, 0.25) is 0 Å². The number of hydrogen-bond acceptors (Lipinski definition) is 7. The monoisotopic (exact) mass is 387 g/mol. The van der Waals surface area contributed by atoms with Gasteiger partial charge in [-0.3, -0.25) is 0 Å². The summed E-state index contributed by atoms with van der Waals surface area (Å²) in [6, 6.07) is 7.94. The van der Waals surface area contributed by atoms with E-state index in [1.165, 1.54) is 0 Å². The Morgan fingerprint density at radius 3 is 2.61 bits per heavy atom. The van der Waals surface area contributed by atoms with Crippen molar-refractivity contribution in [2.75, 3.05) is 13.2 Å². The van der Waals surface area contributed by atoms with Gasteiger partial charge in [0.05, 0.1) is 30.7 Å². The van der Waals surface area contributed by atoms with Gasteiger partial charge in [-0.15, -0.1) is 0 Å². The van der Waals surface area contributed by atoms with Crippen LogP contribution in [0.1, 0.15) is 24.8 Å². The number of benzene rings is 1. The van der Waals surface area contributed by atoms with E-state index in [1.54, 1.807) is 0 Å². The van der Waals surface area contributed by atoms with Crippen LogP contribution >= 0.6 is 0 Å². The van der Waals surface area contributed by atoms with Crippen molar-refractivity contribution in [3.05, 3.63) is 59.7 Å². The molecule has 0 saturated carbocycles. The van der Waals surface area contributed by atoms with Gasteiger partial charge in [0.15, 0.2) is 0 Å². The Morgan fingerprint density at radius 2 is 2.00 bits per heavy atom. The number of ether oxygens (including phenoxy) is 1. The standard InChI is InChI=1S/C21H27NO6/c23-18(14-28-13-16-9-5-2-6-10-16)20(17(21(26)27)11-19(24)25)22-12-15-7-3-1-4-8-15/h1-5,7-8,11,16,18,20,22-23H,6,9-10,12-14H2,(H,24,25)(H,26,27)/p-2/b17-11-. The van der Waals surface area contributed by atoms with Crippen molar-refractivity contribution < 1.29 is 29.6 Å². The SMILES string of the molecule is O=C([O-])/C=C(\C(=O)[O-])C(NCc1ccccc1)C(O)COCC1CC=CCC1. The van der Waals surface area contributed by atoms with Crippen molar-refractivity contribution >= 4 is 11.9 Å². The molecule has 0 aromatic heterocycles. The number of aliphatic hydroxyl groups excluding tert-OH is 1. The largest absolute Gasteiger partial charge is 0.545 e. The lowest BCUT2D eigenvalue weighted by atomic mass is 9.95. The lowest BCUT2D eigenvalue weighted by Crippen LogP contribution is -2.48. The summed E-state index contributed by atoms with van der Waals surface area (Å²) in [7, 11) is 0. The lowest BCUT2D eigenvalue weighted by molar-refractivity contribution is -0.303. The van der Waals surface area contributed by atoms with E-state index in [4.69, 9.17) is 4.74 Å². The normalized spacial score (nSPS) is 19.2. The van der Waals surface area contributed by atoms with Crippen LogP contribution in [-0.2, 0) is 20.9 Å². The molecule has 1 aromatic carbocycles. The van der Waals surface area contributed by atoms with Crippen LogP contribution in [0.4, 0.5) is 0 Å². The Hall–Kier alpha value is -2.48. The number of carboxylic acids is 2. The molecule has 0 spiro atoms. The summed E-state index contributed by atoms with van der Waals surface area (Å²) in [4.78, 5) is 22.4. The first-order chi connectivity index (χ1) is 13.5. The van der Waals surface area contributed by atoms with Gasteiger partial charge in [-0.25, -0.2) is 0 Å². The number of nitrogens with one attached hydrogen (secondary N) is 1. The highest BCUT2D eigenvalue weighted by atomic mass is 16.5. The van der Waals surface area contributed by atoms with Crippen molar-refractivity contribution in [3.8, 4) is 0 Å². The lowest BCUT2D eigenvalue weighted by Gasteiger charge is -2.28. The summed E-state index contributed by atoms with van der Waals surface area (Å²) in [6.07, 6.45) is 6.26. The zero-order valence-electron chi connectivity index (χ0n) is 15.6. The molecule has 0 bridgehead atoms. The van der Waals surface area contributed by atoms with Gasteiger partial charge in [0.25, 0.3) is 0 Å². The molecule has 3 atom stereocenters. The quantitative estimate of drug-likeness (QED) is 0.380. The number of rotatable bonds is 11.